The van der Waals surface area contributed by atoms with E-state index < -0.39 is 0 Å². The number of fused-ring (bicyclic) bond motifs is 1. The molecule has 0 unspecified atom stereocenters. The average Bonchev–Trinajstić information content (AvgIpc) is 2.12. The van der Waals surface area contributed by atoms with Gasteiger partial charge in [0.05, 0.1) is 5.02 Å². The zero-order valence-corrected chi connectivity index (χ0v) is 7.42. The van der Waals surface area contributed by atoms with Gasteiger partial charge in [0, 0.05) is 10.8 Å². The Morgan fingerprint density at radius 2 is 1.62 bits per heavy atom. The molecule has 0 saturated heterocycles. The third kappa shape index (κ3) is 1.19. The first kappa shape index (κ1) is 8.20. The fourth-order valence-corrected chi connectivity index (χ4v) is 1.52. The number of rotatable bonds is 0. The number of benzene rings is 2. The molecular formula is C10H7ClO2. The van der Waals surface area contributed by atoms with Crippen molar-refractivity contribution in [1.82, 2.24) is 0 Å². The van der Waals surface area contributed by atoms with Gasteiger partial charge in [-0.2, -0.15) is 0 Å². The van der Waals surface area contributed by atoms with Crippen LogP contribution in [0.25, 0.3) is 10.8 Å². The summed E-state index contributed by atoms with van der Waals surface area (Å²) in [5.74, 6) is 0.194. The molecule has 2 rings (SSSR count). The van der Waals surface area contributed by atoms with Crippen LogP contribution < -0.4 is 0 Å². The number of phenols is 2. The summed E-state index contributed by atoms with van der Waals surface area (Å²) in [5.41, 5.74) is 0. The van der Waals surface area contributed by atoms with Gasteiger partial charge in [-0.25, -0.2) is 0 Å². The zero-order chi connectivity index (χ0) is 9.42. The van der Waals surface area contributed by atoms with E-state index >= 15 is 0 Å². The van der Waals surface area contributed by atoms with E-state index in [1.807, 2.05) is 0 Å². The minimum Gasteiger partial charge on any atom is -0.507 e. The first-order chi connectivity index (χ1) is 6.20. The maximum Gasteiger partial charge on any atom is 0.134 e. The van der Waals surface area contributed by atoms with Gasteiger partial charge < -0.3 is 10.2 Å². The molecule has 0 radical (unpaired) electrons. The Morgan fingerprint density at radius 3 is 2.38 bits per heavy atom. The van der Waals surface area contributed by atoms with Crippen molar-refractivity contribution in [3.8, 4) is 11.5 Å². The van der Waals surface area contributed by atoms with Crippen molar-refractivity contribution in [2.45, 2.75) is 0 Å². The topological polar surface area (TPSA) is 40.5 Å². The molecule has 0 saturated carbocycles. The summed E-state index contributed by atoms with van der Waals surface area (Å²) in [7, 11) is 0. The highest BCUT2D eigenvalue weighted by molar-refractivity contribution is 6.37. The summed E-state index contributed by atoms with van der Waals surface area (Å²) in [6.45, 7) is 0. The van der Waals surface area contributed by atoms with Crippen LogP contribution in [-0.2, 0) is 0 Å². The average molecular weight is 195 g/mol. The fraction of sp³-hybridized carbons (Fsp3) is 0. The van der Waals surface area contributed by atoms with Gasteiger partial charge in [-0.15, -0.1) is 0 Å². The molecule has 0 bridgehead atoms. The molecule has 0 fully saturated rings. The van der Waals surface area contributed by atoms with Crippen LogP contribution in [0.5, 0.6) is 11.5 Å². The van der Waals surface area contributed by atoms with Crippen LogP contribution in [0.15, 0.2) is 30.3 Å². The second kappa shape index (κ2) is 2.82. The molecule has 2 aromatic rings. The van der Waals surface area contributed by atoms with Gasteiger partial charge in [0.1, 0.15) is 11.5 Å². The molecule has 2 N–H and O–H groups in total. The van der Waals surface area contributed by atoms with Crippen LogP contribution in [0.1, 0.15) is 0 Å². The summed E-state index contributed by atoms with van der Waals surface area (Å²) >= 11 is 5.84. The molecule has 2 aromatic carbocycles. The van der Waals surface area contributed by atoms with E-state index in [0.29, 0.717) is 10.8 Å². The van der Waals surface area contributed by atoms with E-state index in [9.17, 15) is 10.2 Å². The highest BCUT2D eigenvalue weighted by atomic mass is 35.5. The van der Waals surface area contributed by atoms with Gasteiger partial charge in [-0.3, -0.25) is 0 Å². The lowest BCUT2D eigenvalue weighted by Crippen LogP contribution is -1.76. The second-order valence-electron chi connectivity index (χ2n) is 2.77. The Bertz CT molecular complexity index is 466. The van der Waals surface area contributed by atoms with Crippen LogP contribution in [0.2, 0.25) is 5.02 Å². The van der Waals surface area contributed by atoms with Crippen molar-refractivity contribution >= 4 is 22.4 Å². The lowest BCUT2D eigenvalue weighted by molar-refractivity contribution is 0.475. The van der Waals surface area contributed by atoms with E-state index in [1.54, 1.807) is 24.3 Å². The minimum absolute atomic E-state index is 0.0276. The molecule has 0 aromatic heterocycles. The molecule has 0 spiro atoms. The van der Waals surface area contributed by atoms with Crippen LogP contribution in [-0.4, -0.2) is 10.2 Å². The number of aromatic hydroxyl groups is 2. The maximum absolute atomic E-state index is 9.45. The van der Waals surface area contributed by atoms with Crippen molar-refractivity contribution in [1.29, 1.82) is 0 Å². The van der Waals surface area contributed by atoms with Gasteiger partial charge in [-0.1, -0.05) is 23.7 Å². The first-order valence-corrected chi connectivity index (χ1v) is 4.17. The van der Waals surface area contributed by atoms with E-state index in [4.69, 9.17) is 11.6 Å². The minimum atomic E-state index is 0.0276. The van der Waals surface area contributed by atoms with Gasteiger partial charge in [-0.05, 0) is 18.2 Å². The lowest BCUT2D eigenvalue weighted by atomic mass is 10.1. The van der Waals surface area contributed by atoms with E-state index in [1.165, 1.54) is 6.07 Å². The van der Waals surface area contributed by atoms with E-state index in [2.05, 4.69) is 0 Å². The summed E-state index contributed by atoms with van der Waals surface area (Å²) in [6, 6.07) is 8.10. The Labute approximate surface area is 80.0 Å². The Balaban J connectivity index is 2.94. The quantitative estimate of drug-likeness (QED) is 0.677. The molecule has 3 heteroatoms. The maximum atomic E-state index is 9.45. The number of phenolic OH excluding ortho intramolecular Hbond substituents is 2. The monoisotopic (exact) mass is 194 g/mol. The SMILES string of the molecule is Oc1ccc2c(O)cccc2c1Cl. The Kier molecular flexibility index (Phi) is 1.78. The van der Waals surface area contributed by atoms with E-state index in [0.717, 1.165) is 0 Å². The van der Waals surface area contributed by atoms with Crippen molar-refractivity contribution in [2.24, 2.45) is 0 Å². The molecule has 13 heavy (non-hydrogen) atoms. The summed E-state index contributed by atoms with van der Waals surface area (Å²) in [6.07, 6.45) is 0. The molecule has 0 atom stereocenters. The highest BCUT2D eigenvalue weighted by Crippen LogP contribution is 2.35. The molecule has 0 aliphatic heterocycles. The van der Waals surface area contributed by atoms with Crippen molar-refractivity contribution in [2.75, 3.05) is 0 Å². The fourth-order valence-electron chi connectivity index (χ4n) is 1.29. The molecule has 0 heterocycles. The highest BCUT2D eigenvalue weighted by Gasteiger charge is 2.05. The lowest BCUT2D eigenvalue weighted by Gasteiger charge is -2.03. The molecular weight excluding hydrogens is 188 g/mol. The predicted octanol–water partition coefficient (Wildman–Crippen LogP) is 2.90. The second-order valence-corrected chi connectivity index (χ2v) is 3.15. The Hall–Kier alpha value is -1.41. The van der Waals surface area contributed by atoms with Crippen LogP contribution in [0.4, 0.5) is 0 Å². The van der Waals surface area contributed by atoms with Crippen molar-refractivity contribution < 1.29 is 10.2 Å². The third-order valence-electron chi connectivity index (χ3n) is 1.95. The molecule has 0 aliphatic carbocycles. The standard InChI is InChI=1S/C10H7ClO2/c11-10-7-2-1-3-8(12)6(7)4-5-9(10)13/h1-5,12-13H. The number of hydrogen-bond acceptors (Lipinski definition) is 2. The van der Waals surface area contributed by atoms with Crippen LogP contribution in [0.3, 0.4) is 0 Å². The molecule has 0 amide bonds. The summed E-state index contributed by atoms with van der Waals surface area (Å²) in [5, 5.41) is 20.3. The van der Waals surface area contributed by atoms with Gasteiger partial charge >= 0.3 is 0 Å². The van der Waals surface area contributed by atoms with Gasteiger partial charge in [0.15, 0.2) is 0 Å². The van der Waals surface area contributed by atoms with Crippen LogP contribution in [0, 0.1) is 0 Å². The smallest absolute Gasteiger partial charge is 0.134 e. The van der Waals surface area contributed by atoms with Crippen LogP contribution >= 0.6 is 11.6 Å². The molecule has 66 valence electrons. The zero-order valence-electron chi connectivity index (χ0n) is 6.66. The Morgan fingerprint density at radius 1 is 0.846 bits per heavy atom. The third-order valence-corrected chi connectivity index (χ3v) is 2.35. The van der Waals surface area contributed by atoms with Crippen molar-refractivity contribution in [3.05, 3.63) is 35.4 Å². The summed E-state index contributed by atoms with van der Waals surface area (Å²) in [4.78, 5) is 0. The molecule has 0 aliphatic rings. The van der Waals surface area contributed by atoms with E-state index in [-0.39, 0.29) is 16.5 Å². The number of hydrogen-bond donors (Lipinski definition) is 2. The summed E-state index contributed by atoms with van der Waals surface area (Å²) < 4.78 is 0. The van der Waals surface area contributed by atoms with Crippen molar-refractivity contribution in [3.63, 3.8) is 0 Å². The first-order valence-electron chi connectivity index (χ1n) is 3.79. The predicted molar refractivity (Wildman–Crippen MR) is 52.3 cm³/mol. The number of halogens is 1. The van der Waals surface area contributed by atoms with Gasteiger partial charge in [0.2, 0.25) is 0 Å². The molecule has 2 nitrogen and oxygen atoms in total. The van der Waals surface area contributed by atoms with Gasteiger partial charge in [0.25, 0.3) is 0 Å². The normalized spacial score (nSPS) is 10.5. The largest absolute Gasteiger partial charge is 0.507 e.